The Hall–Kier alpha value is -2.00. The molecule has 0 aromatic heterocycles. The molecule has 1 saturated heterocycles. The van der Waals surface area contributed by atoms with E-state index < -0.39 is 18.3 Å². The van der Waals surface area contributed by atoms with Crippen molar-refractivity contribution in [2.75, 3.05) is 46.0 Å². The van der Waals surface area contributed by atoms with E-state index >= 15 is 0 Å². The van der Waals surface area contributed by atoms with Gasteiger partial charge in [0.1, 0.15) is 18.3 Å². The van der Waals surface area contributed by atoms with Gasteiger partial charge in [0.25, 0.3) is 5.91 Å². The van der Waals surface area contributed by atoms with Gasteiger partial charge in [0, 0.05) is 51.9 Å². The van der Waals surface area contributed by atoms with Crippen LogP contribution in [0.5, 0.6) is 0 Å². The van der Waals surface area contributed by atoms with Crippen molar-refractivity contribution < 1.29 is 29.3 Å². The van der Waals surface area contributed by atoms with Crippen LogP contribution < -0.4 is 0 Å². The van der Waals surface area contributed by atoms with Crippen molar-refractivity contribution in [1.29, 1.82) is 0 Å². The van der Waals surface area contributed by atoms with Crippen molar-refractivity contribution in [1.82, 2.24) is 9.80 Å². The van der Waals surface area contributed by atoms with Crippen LogP contribution in [0.4, 0.5) is 0 Å². The number of hydrogen-bond donors (Lipinski definition) is 2. The molecule has 34 heavy (non-hydrogen) atoms. The highest BCUT2D eigenvalue weighted by Crippen LogP contribution is 2.15. The number of carbonyl (C=O) groups excluding carboxylic acids is 2. The van der Waals surface area contributed by atoms with Crippen molar-refractivity contribution in [3.63, 3.8) is 0 Å². The number of rotatable bonds is 5. The van der Waals surface area contributed by atoms with Crippen LogP contribution in [0.3, 0.4) is 0 Å². The number of amides is 2. The van der Waals surface area contributed by atoms with Crippen molar-refractivity contribution in [2.24, 2.45) is 5.92 Å². The lowest BCUT2D eigenvalue weighted by molar-refractivity contribution is -0.140. The van der Waals surface area contributed by atoms with Crippen molar-refractivity contribution in [3.8, 4) is 0 Å². The fourth-order valence-electron chi connectivity index (χ4n) is 3.91. The highest BCUT2D eigenvalue weighted by Gasteiger charge is 2.31. The molecule has 1 aliphatic heterocycles. The molecule has 2 rings (SSSR count). The molecule has 0 unspecified atom stereocenters. The SMILES string of the molecule is CC(=O)N1CCN(C(=O)c2ccccc2C)CCCCOC[C@@H](O)[C@@H](O)[C@H](OCCC(C)C)C1. The molecule has 0 radical (unpaired) electrons. The summed E-state index contributed by atoms with van der Waals surface area (Å²) in [6.07, 6.45) is -0.817. The lowest BCUT2D eigenvalue weighted by Gasteiger charge is -2.34. The summed E-state index contributed by atoms with van der Waals surface area (Å²) in [5.41, 5.74) is 1.57. The Balaban J connectivity index is 2.20. The van der Waals surface area contributed by atoms with E-state index in [0.29, 0.717) is 50.8 Å². The Kier molecular flexibility index (Phi) is 12.0. The van der Waals surface area contributed by atoms with Crippen molar-refractivity contribution in [2.45, 2.75) is 65.3 Å². The van der Waals surface area contributed by atoms with Crippen LogP contribution in [-0.4, -0.2) is 96.1 Å². The average Bonchev–Trinajstić information content (AvgIpc) is 2.79. The summed E-state index contributed by atoms with van der Waals surface area (Å²) < 4.78 is 11.5. The quantitative estimate of drug-likeness (QED) is 0.674. The number of ether oxygens (including phenoxy) is 2. The largest absolute Gasteiger partial charge is 0.388 e. The van der Waals surface area contributed by atoms with Gasteiger partial charge in [-0.25, -0.2) is 0 Å². The molecule has 0 spiro atoms. The van der Waals surface area contributed by atoms with Gasteiger partial charge in [-0.05, 0) is 43.7 Å². The molecule has 8 nitrogen and oxygen atoms in total. The Bertz CT molecular complexity index is 771. The molecule has 1 aromatic rings. The molecular formula is C26H42N2O6. The second-order valence-corrected chi connectivity index (χ2v) is 9.50. The maximum Gasteiger partial charge on any atom is 0.254 e. The summed E-state index contributed by atoms with van der Waals surface area (Å²) in [5, 5.41) is 21.2. The number of hydrogen-bond acceptors (Lipinski definition) is 6. The van der Waals surface area contributed by atoms with Crippen LogP contribution in [0, 0.1) is 12.8 Å². The molecular weight excluding hydrogens is 436 g/mol. The highest BCUT2D eigenvalue weighted by atomic mass is 16.5. The minimum atomic E-state index is -1.19. The predicted molar refractivity (Wildman–Crippen MR) is 131 cm³/mol. The number of benzene rings is 1. The second-order valence-electron chi connectivity index (χ2n) is 9.50. The number of nitrogens with zero attached hydrogens (tertiary/aromatic N) is 2. The monoisotopic (exact) mass is 478 g/mol. The molecule has 8 heteroatoms. The standard InChI is InChI=1S/C26H42N2O6/c1-19(2)11-16-34-24-17-28(21(4)29)14-13-27(26(32)22-10-6-5-9-20(22)3)12-7-8-15-33-18-23(30)25(24)31/h5-6,9-10,19,23-25,30-31H,7-8,11-18H2,1-4H3/t23-,24-,25-/m1/s1. The molecule has 1 heterocycles. The Morgan fingerprint density at radius 2 is 1.82 bits per heavy atom. The lowest BCUT2D eigenvalue weighted by Crippen LogP contribution is -2.50. The Labute approximate surface area is 203 Å². The molecule has 0 saturated carbocycles. The van der Waals surface area contributed by atoms with Crippen molar-refractivity contribution in [3.05, 3.63) is 35.4 Å². The van der Waals surface area contributed by atoms with E-state index in [2.05, 4.69) is 13.8 Å². The molecule has 3 atom stereocenters. The zero-order valence-electron chi connectivity index (χ0n) is 21.1. The van der Waals surface area contributed by atoms with E-state index in [0.717, 1.165) is 18.4 Å². The fourth-order valence-corrected chi connectivity index (χ4v) is 3.91. The number of aryl methyl sites for hydroxylation is 1. The zero-order valence-corrected chi connectivity index (χ0v) is 21.1. The molecule has 192 valence electrons. The third-order valence-corrected chi connectivity index (χ3v) is 6.21. The van der Waals surface area contributed by atoms with Gasteiger partial charge in [0.15, 0.2) is 0 Å². The molecule has 2 amide bonds. The maximum atomic E-state index is 13.3. The molecule has 0 bridgehead atoms. The average molecular weight is 479 g/mol. The van der Waals surface area contributed by atoms with Crippen LogP contribution in [-0.2, 0) is 14.3 Å². The maximum absolute atomic E-state index is 13.3. The summed E-state index contributed by atoms with van der Waals surface area (Å²) in [6, 6.07) is 7.50. The van der Waals surface area contributed by atoms with E-state index in [1.165, 1.54) is 6.92 Å². The molecule has 0 aliphatic carbocycles. The highest BCUT2D eigenvalue weighted by molar-refractivity contribution is 5.95. The number of aliphatic hydroxyl groups excluding tert-OH is 2. The number of carbonyl (C=O) groups is 2. The van der Waals surface area contributed by atoms with Gasteiger partial charge >= 0.3 is 0 Å². The third-order valence-electron chi connectivity index (χ3n) is 6.21. The summed E-state index contributed by atoms with van der Waals surface area (Å²) in [4.78, 5) is 29.1. The van der Waals surface area contributed by atoms with E-state index in [4.69, 9.17) is 9.47 Å². The van der Waals surface area contributed by atoms with E-state index in [-0.39, 0.29) is 25.0 Å². The Morgan fingerprint density at radius 3 is 2.50 bits per heavy atom. The van der Waals surface area contributed by atoms with E-state index in [1.54, 1.807) is 9.80 Å². The molecule has 1 fully saturated rings. The summed E-state index contributed by atoms with van der Waals surface area (Å²) in [7, 11) is 0. The Morgan fingerprint density at radius 1 is 1.12 bits per heavy atom. The first-order chi connectivity index (χ1) is 16.2. The fraction of sp³-hybridized carbons (Fsp3) is 0.692. The van der Waals surface area contributed by atoms with Gasteiger partial charge in [-0.15, -0.1) is 0 Å². The zero-order chi connectivity index (χ0) is 25.1. The summed E-state index contributed by atoms with van der Waals surface area (Å²) >= 11 is 0. The van der Waals surface area contributed by atoms with Crippen LogP contribution in [0.2, 0.25) is 0 Å². The van der Waals surface area contributed by atoms with Gasteiger partial charge in [0.05, 0.1) is 6.61 Å². The molecule has 1 aromatic carbocycles. The first kappa shape index (κ1) is 28.2. The van der Waals surface area contributed by atoms with Crippen LogP contribution in [0.1, 0.15) is 56.0 Å². The van der Waals surface area contributed by atoms with Crippen molar-refractivity contribution >= 4 is 11.8 Å². The topological polar surface area (TPSA) is 99.5 Å². The minimum absolute atomic E-state index is 0.0167. The van der Waals surface area contributed by atoms with E-state index in [1.807, 2.05) is 31.2 Å². The lowest BCUT2D eigenvalue weighted by atomic mass is 10.1. The van der Waals surface area contributed by atoms with E-state index in [9.17, 15) is 19.8 Å². The second kappa shape index (κ2) is 14.4. The van der Waals surface area contributed by atoms with Crippen LogP contribution >= 0.6 is 0 Å². The molecule has 2 N–H and O–H groups in total. The summed E-state index contributed by atoms with van der Waals surface area (Å²) in [6.45, 7) is 9.71. The molecule has 1 aliphatic rings. The van der Waals surface area contributed by atoms with Gasteiger partial charge in [-0.3, -0.25) is 9.59 Å². The third kappa shape index (κ3) is 8.98. The first-order valence-corrected chi connectivity index (χ1v) is 12.4. The number of aliphatic hydroxyl groups is 2. The normalized spacial score (nSPS) is 23.6. The summed E-state index contributed by atoms with van der Waals surface area (Å²) in [5.74, 6) is 0.189. The first-order valence-electron chi connectivity index (χ1n) is 12.4. The predicted octanol–water partition coefficient (Wildman–Crippen LogP) is 2.25. The minimum Gasteiger partial charge on any atom is -0.388 e. The van der Waals surface area contributed by atoms with Gasteiger partial charge in [-0.1, -0.05) is 32.0 Å². The van der Waals surface area contributed by atoms with Crippen LogP contribution in [0.25, 0.3) is 0 Å². The van der Waals surface area contributed by atoms with Gasteiger partial charge < -0.3 is 29.5 Å². The smallest absolute Gasteiger partial charge is 0.254 e. The van der Waals surface area contributed by atoms with Crippen LogP contribution in [0.15, 0.2) is 24.3 Å². The van der Waals surface area contributed by atoms with Gasteiger partial charge in [-0.2, -0.15) is 0 Å². The van der Waals surface area contributed by atoms with Gasteiger partial charge in [0.2, 0.25) is 5.91 Å².